The van der Waals surface area contributed by atoms with Crippen molar-refractivity contribution in [1.82, 2.24) is 0 Å². The van der Waals surface area contributed by atoms with E-state index in [1.807, 2.05) is 13.8 Å². The van der Waals surface area contributed by atoms with Crippen LogP contribution in [0, 0.1) is 5.92 Å². The second-order valence-electron chi connectivity index (χ2n) is 4.28. The van der Waals surface area contributed by atoms with Gasteiger partial charge in [0, 0.05) is 0 Å². The normalized spacial score (nSPS) is 11.9. The molecule has 2 nitrogen and oxygen atoms in total. The number of aromatic hydroxyl groups is 1. The molecule has 0 aromatic heterocycles. The highest BCUT2D eigenvalue weighted by molar-refractivity contribution is 5.42. The maximum Gasteiger partial charge on any atom is 0.573 e. The van der Waals surface area contributed by atoms with Crippen molar-refractivity contribution in [2.45, 2.75) is 33.1 Å². The van der Waals surface area contributed by atoms with Crippen LogP contribution in [0.3, 0.4) is 0 Å². The number of alkyl halides is 3. The highest BCUT2D eigenvalue weighted by Crippen LogP contribution is 2.32. The Labute approximate surface area is 98.0 Å². The molecule has 17 heavy (non-hydrogen) atoms. The van der Waals surface area contributed by atoms with Gasteiger partial charge in [-0.15, -0.1) is 13.2 Å². The molecule has 0 heterocycles. The second-order valence-corrected chi connectivity index (χ2v) is 4.28. The summed E-state index contributed by atoms with van der Waals surface area (Å²) in [7, 11) is 0. The monoisotopic (exact) mass is 248 g/mol. The van der Waals surface area contributed by atoms with E-state index in [-0.39, 0.29) is 0 Å². The number of rotatable bonds is 4. The van der Waals surface area contributed by atoms with Crippen LogP contribution < -0.4 is 4.74 Å². The van der Waals surface area contributed by atoms with E-state index in [0.29, 0.717) is 12.3 Å². The van der Waals surface area contributed by atoms with E-state index in [4.69, 9.17) is 0 Å². The number of benzene rings is 1. The lowest BCUT2D eigenvalue weighted by Gasteiger charge is -2.12. The van der Waals surface area contributed by atoms with Gasteiger partial charge in [0.15, 0.2) is 11.5 Å². The van der Waals surface area contributed by atoms with Crippen LogP contribution in [-0.2, 0) is 6.42 Å². The zero-order chi connectivity index (χ0) is 13.1. The molecule has 0 aliphatic heterocycles. The molecule has 0 spiro atoms. The van der Waals surface area contributed by atoms with Gasteiger partial charge < -0.3 is 9.84 Å². The summed E-state index contributed by atoms with van der Waals surface area (Å²) in [6.07, 6.45) is -3.25. The number of phenols is 1. The fourth-order valence-electron chi connectivity index (χ4n) is 1.38. The van der Waals surface area contributed by atoms with E-state index in [1.165, 1.54) is 12.1 Å². The summed E-state index contributed by atoms with van der Waals surface area (Å²) in [5, 5.41) is 9.25. The third-order valence-corrected chi connectivity index (χ3v) is 2.26. The first kappa shape index (κ1) is 13.7. The van der Waals surface area contributed by atoms with Crippen molar-refractivity contribution in [3.8, 4) is 11.5 Å². The molecule has 1 aromatic rings. The number of hydrogen-bond donors (Lipinski definition) is 1. The maximum absolute atomic E-state index is 12.0. The van der Waals surface area contributed by atoms with Gasteiger partial charge in [0.25, 0.3) is 0 Å². The summed E-state index contributed by atoms with van der Waals surface area (Å²) in [6, 6.07) is 4.04. The molecule has 1 N–H and O–H groups in total. The second kappa shape index (κ2) is 5.29. The number of phenolic OH excluding ortho intramolecular Hbond substituents is 1. The smallest absolute Gasteiger partial charge is 0.504 e. The van der Waals surface area contributed by atoms with Gasteiger partial charge >= 0.3 is 6.36 Å². The quantitative estimate of drug-likeness (QED) is 0.876. The average molecular weight is 248 g/mol. The van der Waals surface area contributed by atoms with Crippen LogP contribution in [0.15, 0.2) is 18.2 Å². The molecule has 0 bridgehead atoms. The molecule has 96 valence electrons. The van der Waals surface area contributed by atoms with Crippen LogP contribution in [-0.4, -0.2) is 11.5 Å². The zero-order valence-corrected chi connectivity index (χ0v) is 9.71. The van der Waals surface area contributed by atoms with Gasteiger partial charge in [0.05, 0.1) is 0 Å². The van der Waals surface area contributed by atoms with E-state index in [0.717, 1.165) is 12.0 Å². The fraction of sp³-hybridized carbons (Fsp3) is 0.500. The SMILES string of the molecule is CC(C)CCc1ccc(O)c(OC(F)(F)F)c1. The van der Waals surface area contributed by atoms with Crippen molar-refractivity contribution in [2.75, 3.05) is 0 Å². The minimum atomic E-state index is -4.78. The molecule has 0 aliphatic carbocycles. The number of hydrogen-bond acceptors (Lipinski definition) is 2. The van der Waals surface area contributed by atoms with Crippen molar-refractivity contribution < 1.29 is 23.0 Å². The van der Waals surface area contributed by atoms with Crippen molar-refractivity contribution >= 4 is 0 Å². The lowest BCUT2D eigenvalue weighted by atomic mass is 10.0. The lowest BCUT2D eigenvalue weighted by Crippen LogP contribution is -2.17. The molecule has 5 heteroatoms. The molecule has 1 aromatic carbocycles. The highest BCUT2D eigenvalue weighted by atomic mass is 19.4. The van der Waals surface area contributed by atoms with Gasteiger partial charge in [-0.3, -0.25) is 0 Å². The van der Waals surface area contributed by atoms with E-state index in [1.54, 1.807) is 6.07 Å². The summed E-state index contributed by atoms with van der Waals surface area (Å²) in [5.41, 5.74) is 0.718. The minimum Gasteiger partial charge on any atom is -0.504 e. The Bertz CT molecular complexity index is 373. The molecule has 0 amide bonds. The number of aryl methyl sites for hydroxylation is 1. The van der Waals surface area contributed by atoms with Crippen molar-refractivity contribution in [3.05, 3.63) is 23.8 Å². The Morgan fingerprint density at radius 2 is 1.94 bits per heavy atom. The van der Waals surface area contributed by atoms with Crippen molar-refractivity contribution in [1.29, 1.82) is 0 Å². The molecule has 0 saturated carbocycles. The summed E-state index contributed by atoms with van der Waals surface area (Å²) < 4.78 is 39.8. The van der Waals surface area contributed by atoms with E-state index in [9.17, 15) is 18.3 Å². The first-order chi connectivity index (χ1) is 7.78. The van der Waals surface area contributed by atoms with Crippen LogP contribution in [0.4, 0.5) is 13.2 Å². The summed E-state index contributed by atoms with van der Waals surface area (Å²) in [5.74, 6) is -0.579. The van der Waals surface area contributed by atoms with Crippen LogP contribution in [0.2, 0.25) is 0 Å². The van der Waals surface area contributed by atoms with Crippen LogP contribution in [0.5, 0.6) is 11.5 Å². The molecule has 0 aliphatic rings. The fourth-order valence-corrected chi connectivity index (χ4v) is 1.38. The van der Waals surface area contributed by atoms with Gasteiger partial charge in [0.1, 0.15) is 0 Å². The van der Waals surface area contributed by atoms with Gasteiger partial charge in [0.2, 0.25) is 0 Å². The highest BCUT2D eigenvalue weighted by Gasteiger charge is 2.32. The maximum atomic E-state index is 12.0. The average Bonchev–Trinajstić information content (AvgIpc) is 2.17. The first-order valence-electron chi connectivity index (χ1n) is 5.35. The lowest BCUT2D eigenvalue weighted by molar-refractivity contribution is -0.275. The predicted octanol–water partition coefficient (Wildman–Crippen LogP) is 3.88. The standard InChI is InChI=1S/C12H15F3O2/c1-8(2)3-4-9-5-6-10(16)11(7-9)17-12(13,14)15/h5-8,16H,3-4H2,1-2H3. The topological polar surface area (TPSA) is 29.5 Å². The first-order valence-corrected chi connectivity index (χ1v) is 5.35. The molecular formula is C12H15F3O2. The van der Waals surface area contributed by atoms with Gasteiger partial charge in [-0.25, -0.2) is 0 Å². The van der Waals surface area contributed by atoms with E-state index < -0.39 is 17.9 Å². The Kier molecular flexibility index (Phi) is 4.26. The largest absolute Gasteiger partial charge is 0.573 e. The third kappa shape index (κ3) is 4.97. The van der Waals surface area contributed by atoms with E-state index >= 15 is 0 Å². The summed E-state index contributed by atoms with van der Waals surface area (Å²) >= 11 is 0. The van der Waals surface area contributed by atoms with Crippen LogP contribution in [0.1, 0.15) is 25.8 Å². The molecule has 0 saturated heterocycles. The van der Waals surface area contributed by atoms with Crippen LogP contribution in [0.25, 0.3) is 0 Å². The molecule has 1 rings (SSSR count). The summed E-state index contributed by atoms with van der Waals surface area (Å²) in [6.45, 7) is 4.07. The minimum absolute atomic E-state index is 0.468. The molecule has 0 atom stereocenters. The number of halogens is 3. The zero-order valence-electron chi connectivity index (χ0n) is 9.71. The Morgan fingerprint density at radius 3 is 2.47 bits per heavy atom. The van der Waals surface area contributed by atoms with Crippen molar-refractivity contribution in [3.63, 3.8) is 0 Å². The summed E-state index contributed by atoms with van der Waals surface area (Å²) in [4.78, 5) is 0. The Balaban J connectivity index is 2.79. The number of ether oxygens (including phenoxy) is 1. The third-order valence-electron chi connectivity index (χ3n) is 2.26. The molecule has 0 unspecified atom stereocenters. The van der Waals surface area contributed by atoms with Gasteiger partial charge in [-0.2, -0.15) is 0 Å². The predicted molar refractivity (Wildman–Crippen MR) is 57.9 cm³/mol. The van der Waals surface area contributed by atoms with E-state index in [2.05, 4.69) is 4.74 Å². The molecule has 0 radical (unpaired) electrons. The van der Waals surface area contributed by atoms with Crippen LogP contribution >= 0.6 is 0 Å². The van der Waals surface area contributed by atoms with Gasteiger partial charge in [-0.05, 0) is 36.5 Å². The molecule has 0 fully saturated rings. The Hall–Kier alpha value is -1.39. The van der Waals surface area contributed by atoms with Crippen molar-refractivity contribution in [2.24, 2.45) is 5.92 Å². The Morgan fingerprint density at radius 1 is 1.29 bits per heavy atom. The molecular weight excluding hydrogens is 233 g/mol. The van der Waals surface area contributed by atoms with Gasteiger partial charge in [-0.1, -0.05) is 19.9 Å².